The third-order valence-electron chi connectivity index (χ3n) is 4.95. The molecule has 0 saturated heterocycles. The van der Waals surface area contributed by atoms with Crippen molar-refractivity contribution < 1.29 is 9.13 Å². The molecule has 1 aromatic carbocycles. The first kappa shape index (κ1) is 17.4. The van der Waals surface area contributed by atoms with E-state index in [9.17, 15) is 4.39 Å². The fourth-order valence-electron chi connectivity index (χ4n) is 3.55. The minimum Gasteiger partial charge on any atom is -0.476 e. The number of hydrogen-bond donors (Lipinski definition) is 0. The molecule has 29 heavy (non-hydrogen) atoms. The van der Waals surface area contributed by atoms with Gasteiger partial charge in [0.25, 0.3) is 0 Å². The van der Waals surface area contributed by atoms with Gasteiger partial charge in [-0.2, -0.15) is 0 Å². The summed E-state index contributed by atoms with van der Waals surface area (Å²) >= 11 is 0. The normalized spacial score (nSPS) is 16.2. The summed E-state index contributed by atoms with van der Waals surface area (Å²) in [7, 11) is 0. The number of imidazole rings is 1. The monoisotopic (exact) mass is 387 g/mol. The van der Waals surface area contributed by atoms with E-state index in [0.717, 1.165) is 22.6 Å². The van der Waals surface area contributed by atoms with Crippen LogP contribution in [0.5, 0.6) is 0 Å². The predicted octanol–water partition coefficient (Wildman–Crippen LogP) is 4.64. The molecule has 5 rings (SSSR count). The Morgan fingerprint density at radius 1 is 1.07 bits per heavy atom. The van der Waals surface area contributed by atoms with E-state index in [1.54, 1.807) is 41.4 Å². The summed E-state index contributed by atoms with van der Waals surface area (Å²) in [6, 6.07) is 10.7. The molecule has 4 heterocycles. The highest BCUT2D eigenvalue weighted by Crippen LogP contribution is 2.32. The number of benzene rings is 1. The first-order valence-corrected chi connectivity index (χ1v) is 9.28. The quantitative estimate of drug-likeness (QED) is 0.513. The van der Waals surface area contributed by atoms with E-state index in [1.807, 2.05) is 43.1 Å². The number of aromatic nitrogens is 4. The van der Waals surface area contributed by atoms with Crippen LogP contribution in [0.1, 0.15) is 13.8 Å². The molecule has 1 aliphatic heterocycles. The Morgan fingerprint density at radius 2 is 1.97 bits per heavy atom. The molecule has 1 atom stereocenters. The van der Waals surface area contributed by atoms with Gasteiger partial charge in [0.05, 0.1) is 17.1 Å². The molecular formula is C22H18FN5O. The van der Waals surface area contributed by atoms with E-state index in [1.165, 1.54) is 6.07 Å². The lowest BCUT2D eigenvalue weighted by Gasteiger charge is -2.24. The second-order valence-corrected chi connectivity index (χ2v) is 6.92. The molecule has 0 fully saturated rings. The molecule has 3 aromatic heterocycles. The first-order valence-electron chi connectivity index (χ1n) is 9.28. The summed E-state index contributed by atoms with van der Waals surface area (Å²) in [5, 5.41) is 0. The van der Waals surface area contributed by atoms with Crippen LogP contribution in [0.15, 0.2) is 73.1 Å². The molecule has 1 unspecified atom stereocenters. The molecule has 6 nitrogen and oxygen atoms in total. The molecule has 7 heteroatoms. The van der Waals surface area contributed by atoms with Crippen LogP contribution in [-0.4, -0.2) is 25.6 Å². The van der Waals surface area contributed by atoms with Crippen molar-refractivity contribution in [1.82, 2.24) is 19.4 Å². The Labute approximate surface area is 166 Å². The van der Waals surface area contributed by atoms with E-state index < -0.39 is 0 Å². The average Bonchev–Trinajstić information content (AvgIpc) is 3.31. The van der Waals surface area contributed by atoms with Crippen molar-refractivity contribution in [3.63, 3.8) is 0 Å². The van der Waals surface area contributed by atoms with Crippen LogP contribution >= 0.6 is 0 Å². The van der Waals surface area contributed by atoms with Gasteiger partial charge in [-0.05, 0) is 44.2 Å². The highest BCUT2D eigenvalue weighted by molar-refractivity contribution is 5.69. The van der Waals surface area contributed by atoms with Crippen molar-refractivity contribution in [3.05, 3.63) is 79.0 Å². The van der Waals surface area contributed by atoms with Crippen LogP contribution < -0.4 is 4.90 Å². The van der Waals surface area contributed by atoms with Crippen molar-refractivity contribution in [3.8, 4) is 22.5 Å². The Bertz CT molecular complexity index is 1230. The Hall–Kier alpha value is -3.74. The third-order valence-corrected chi connectivity index (χ3v) is 4.95. The van der Waals surface area contributed by atoms with Gasteiger partial charge < -0.3 is 9.64 Å². The Morgan fingerprint density at radius 3 is 2.72 bits per heavy atom. The molecule has 0 bridgehead atoms. The van der Waals surface area contributed by atoms with Crippen LogP contribution in [0.25, 0.3) is 28.3 Å². The fourth-order valence-corrected chi connectivity index (χ4v) is 3.55. The van der Waals surface area contributed by atoms with Gasteiger partial charge in [0.1, 0.15) is 12.1 Å². The highest BCUT2D eigenvalue weighted by atomic mass is 19.1. The average molecular weight is 387 g/mol. The fraction of sp³-hybridized carbons (Fsp3) is 0.136. The standard InChI is InChI=1S/C22H18FN5O/c1-14-13-29-15(2)28(14)17-6-7-19(23)18(9-17)21-12-27-11-16(10-25-22(27)26-21)20-5-3-4-8-24-20/h3-13,15H,1-2H3. The lowest BCUT2D eigenvalue weighted by molar-refractivity contribution is 0.190. The molecule has 0 saturated carbocycles. The van der Waals surface area contributed by atoms with Gasteiger partial charge in [-0.3, -0.25) is 9.38 Å². The van der Waals surface area contributed by atoms with Gasteiger partial charge in [0.15, 0.2) is 6.23 Å². The maximum absolute atomic E-state index is 14.7. The lowest BCUT2D eigenvalue weighted by Crippen LogP contribution is -2.27. The summed E-state index contributed by atoms with van der Waals surface area (Å²) < 4.78 is 22.0. The molecular weight excluding hydrogens is 369 g/mol. The minimum atomic E-state index is -0.337. The number of nitrogens with zero attached hydrogens (tertiary/aromatic N) is 5. The maximum atomic E-state index is 14.7. The number of halogens is 1. The number of allylic oxidation sites excluding steroid dienone is 1. The number of anilines is 1. The van der Waals surface area contributed by atoms with Crippen LogP contribution in [0, 0.1) is 5.82 Å². The van der Waals surface area contributed by atoms with Gasteiger partial charge >= 0.3 is 0 Å². The minimum absolute atomic E-state index is 0.142. The molecule has 4 aromatic rings. The van der Waals surface area contributed by atoms with Gasteiger partial charge in [-0.15, -0.1) is 0 Å². The van der Waals surface area contributed by atoms with E-state index >= 15 is 0 Å². The summed E-state index contributed by atoms with van der Waals surface area (Å²) in [6.45, 7) is 3.91. The molecule has 0 aliphatic carbocycles. The third kappa shape index (κ3) is 3.00. The predicted molar refractivity (Wildman–Crippen MR) is 108 cm³/mol. The second kappa shape index (κ2) is 6.70. The van der Waals surface area contributed by atoms with E-state index in [4.69, 9.17) is 4.74 Å². The van der Waals surface area contributed by atoms with Crippen LogP contribution in [0.4, 0.5) is 10.1 Å². The lowest BCUT2D eigenvalue weighted by atomic mass is 10.1. The van der Waals surface area contributed by atoms with Crippen molar-refractivity contribution in [1.29, 1.82) is 0 Å². The van der Waals surface area contributed by atoms with Gasteiger partial charge in [-0.25, -0.2) is 14.4 Å². The zero-order chi connectivity index (χ0) is 20.0. The van der Waals surface area contributed by atoms with Crippen molar-refractivity contribution >= 4 is 11.5 Å². The summed E-state index contributed by atoms with van der Waals surface area (Å²) in [5.41, 5.74) is 4.42. The zero-order valence-corrected chi connectivity index (χ0v) is 16.0. The molecule has 0 radical (unpaired) electrons. The zero-order valence-electron chi connectivity index (χ0n) is 16.0. The van der Waals surface area contributed by atoms with Crippen LogP contribution in [-0.2, 0) is 4.74 Å². The van der Waals surface area contributed by atoms with E-state index in [-0.39, 0.29) is 12.0 Å². The smallest absolute Gasteiger partial charge is 0.234 e. The van der Waals surface area contributed by atoms with Gasteiger partial charge in [0, 0.05) is 41.6 Å². The summed E-state index contributed by atoms with van der Waals surface area (Å²) in [5.74, 6) is 0.162. The van der Waals surface area contributed by atoms with Crippen LogP contribution in [0.3, 0.4) is 0 Å². The Balaban J connectivity index is 1.57. The topological polar surface area (TPSA) is 55.6 Å². The number of hydrogen-bond acceptors (Lipinski definition) is 5. The highest BCUT2D eigenvalue weighted by Gasteiger charge is 2.24. The van der Waals surface area contributed by atoms with Gasteiger partial charge in [0.2, 0.25) is 5.78 Å². The van der Waals surface area contributed by atoms with Crippen molar-refractivity contribution in [2.75, 3.05) is 4.90 Å². The number of fused-ring (bicyclic) bond motifs is 1. The van der Waals surface area contributed by atoms with Gasteiger partial charge in [-0.1, -0.05) is 6.07 Å². The van der Waals surface area contributed by atoms with Crippen LogP contribution in [0.2, 0.25) is 0 Å². The SMILES string of the molecule is CC1=COC(C)N1c1ccc(F)c(-c2cn3cc(-c4ccccn4)cnc3n2)c1. The Kier molecular flexibility index (Phi) is 4.01. The van der Waals surface area contributed by atoms with E-state index in [0.29, 0.717) is 17.0 Å². The molecule has 0 N–H and O–H groups in total. The number of pyridine rings is 1. The first-order chi connectivity index (χ1) is 14.1. The van der Waals surface area contributed by atoms with E-state index in [2.05, 4.69) is 15.0 Å². The second-order valence-electron chi connectivity index (χ2n) is 6.92. The molecule has 1 aliphatic rings. The number of rotatable bonds is 3. The largest absolute Gasteiger partial charge is 0.476 e. The molecule has 0 spiro atoms. The molecule has 0 amide bonds. The number of ether oxygens (including phenoxy) is 1. The maximum Gasteiger partial charge on any atom is 0.234 e. The summed E-state index contributed by atoms with van der Waals surface area (Å²) in [4.78, 5) is 15.3. The van der Waals surface area contributed by atoms with Crippen molar-refractivity contribution in [2.24, 2.45) is 0 Å². The molecule has 144 valence electrons. The van der Waals surface area contributed by atoms with Crippen molar-refractivity contribution in [2.45, 2.75) is 20.1 Å². The summed E-state index contributed by atoms with van der Waals surface area (Å²) in [6.07, 6.45) is 8.70.